The third kappa shape index (κ3) is 3.19. The molecular weight excluding hydrogens is 371 g/mol. The van der Waals surface area contributed by atoms with Gasteiger partial charge in [-0.3, -0.25) is 4.79 Å². The number of para-hydroxylation sites is 1. The molecule has 128 valence electrons. The number of hydrogen-bond acceptors (Lipinski definition) is 3. The number of benzene rings is 3. The molecule has 0 saturated heterocycles. The minimum atomic E-state index is -0.577. The lowest BCUT2D eigenvalue weighted by molar-refractivity contribution is 0.102. The van der Waals surface area contributed by atoms with Crippen LogP contribution < -0.4 is 5.32 Å². The fraction of sp³-hybridized carbons (Fsp3) is 0. The van der Waals surface area contributed by atoms with Crippen LogP contribution in [0, 0.1) is 5.82 Å². The van der Waals surface area contributed by atoms with Gasteiger partial charge in [0.05, 0.1) is 26.5 Å². The molecule has 0 aliphatic rings. The lowest BCUT2D eigenvalue weighted by atomic mass is 10.1. The van der Waals surface area contributed by atoms with E-state index < -0.39 is 11.7 Å². The van der Waals surface area contributed by atoms with E-state index in [1.54, 1.807) is 29.5 Å². The summed E-state index contributed by atoms with van der Waals surface area (Å²) in [5.41, 5.74) is 2.18. The molecule has 0 aliphatic carbocycles. The molecule has 26 heavy (non-hydrogen) atoms. The number of anilines is 1. The average Bonchev–Trinajstić information content (AvgIpc) is 3.08. The van der Waals surface area contributed by atoms with Crippen molar-refractivity contribution in [2.24, 2.45) is 0 Å². The zero-order valence-electron chi connectivity index (χ0n) is 13.4. The van der Waals surface area contributed by atoms with Gasteiger partial charge in [-0.05, 0) is 42.5 Å². The fourth-order valence-corrected chi connectivity index (χ4v) is 3.77. The van der Waals surface area contributed by atoms with Crippen LogP contribution in [0.5, 0.6) is 0 Å². The van der Waals surface area contributed by atoms with Gasteiger partial charge in [0, 0.05) is 5.56 Å². The maximum Gasteiger partial charge on any atom is 0.258 e. The Morgan fingerprint density at radius 1 is 1.04 bits per heavy atom. The summed E-state index contributed by atoms with van der Waals surface area (Å²) in [7, 11) is 0. The standard InChI is InChI=1S/C20H12ClFN2OS/c21-14-11-12(20-24-17-7-3-4-8-18(17)26-20)9-10-16(14)23-19(25)13-5-1-2-6-15(13)22/h1-11H,(H,23,25). The molecule has 0 spiro atoms. The molecule has 3 aromatic carbocycles. The number of carbonyl (C=O) groups is 1. The van der Waals surface area contributed by atoms with Crippen LogP contribution in [0.2, 0.25) is 5.02 Å². The molecule has 1 aromatic heterocycles. The SMILES string of the molecule is O=C(Nc1ccc(-c2nc3ccccc3s2)cc1Cl)c1ccccc1F. The molecule has 0 aliphatic heterocycles. The van der Waals surface area contributed by atoms with E-state index >= 15 is 0 Å². The Morgan fingerprint density at radius 3 is 2.58 bits per heavy atom. The predicted molar refractivity (Wildman–Crippen MR) is 104 cm³/mol. The second-order valence-corrected chi connectivity index (χ2v) is 7.05. The Labute approximate surface area is 158 Å². The highest BCUT2D eigenvalue weighted by Crippen LogP contribution is 2.33. The highest BCUT2D eigenvalue weighted by atomic mass is 35.5. The number of nitrogens with zero attached hydrogens (tertiary/aromatic N) is 1. The zero-order valence-corrected chi connectivity index (χ0v) is 14.9. The molecule has 1 N–H and O–H groups in total. The van der Waals surface area contributed by atoms with Crippen LogP contribution in [-0.2, 0) is 0 Å². The van der Waals surface area contributed by atoms with Crippen molar-refractivity contribution in [2.75, 3.05) is 5.32 Å². The van der Waals surface area contributed by atoms with E-state index in [4.69, 9.17) is 11.6 Å². The highest BCUT2D eigenvalue weighted by molar-refractivity contribution is 7.21. The highest BCUT2D eigenvalue weighted by Gasteiger charge is 2.14. The van der Waals surface area contributed by atoms with Crippen LogP contribution in [0.25, 0.3) is 20.8 Å². The number of rotatable bonds is 3. The summed E-state index contributed by atoms with van der Waals surface area (Å²) >= 11 is 7.89. The van der Waals surface area contributed by atoms with Crippen molar-refractivity contribution < 1.29 is 9.18 Å². The largest absolute Gasteiger partial charge is 0.321 e. The van der Waals surface area contributed by atoms with Crippen molar-refractivity contribution in [1.29, 1.82) is 0 Å². The number of fused-ring (bicyclic) bond motifs is 1. The molecule has 1 amide bonds. The molecule has 0 atom stereocenters. The van der Waals surface area contributed by atoms with Crippen molar-refractivity contribution >= 4 is 44.7 Å². The summed E-state index contributed by atoms with van der Waals surface area (Å²) in [6, 6.07) is 19.0. The minimum absolute atomic E-state index is 0.0289. The second-order valence-electron chi connectivity index (χ2n) is 5.62. The van der Waals surface area contributed by atoms with E-state index in [1.165, 1.54) is 18.2 Å². The molecule has 6 heteroatoms. The zero-order chi connectivity index (χ0) is 18.1. The van der Waals surface area contributed by atoms with E-state index in [0.29, 0.717) is 10.7 Å². The Balaban J connectivity index is 1.62. The number of aromatic nitrogens is 1. The second kappa shape index (κ2) is 6.86. The molecule has 0 bridgehead atoms. The predicted octanol–water partition coefficient (Wildman–Crippen LogP) is 6.01. The Hall–Kier alpha value is -2.76. The number of nitrogens with one attached hydrogen (secondary N) is 1. The molecule has 0 unspecified atom stereocenters. The monoisotopic (exact) mass is 382 g/mol. The first-order valence-electron chi connectivity index (χ1n) is 7.83. The van der Waals surface area contributed by atoms with Crippen LogP contribution in [-0.4, -0.2) is 10.9 Å². The van der Waals surface area contributed by atoms with Gasteiger partial charge in [0.2, 0.25) is 0 Å². The Bertz CT molecular complexity index is 1090. The number of thiazole rings is 1. The van der Waals surface area contributed by atoms with Crippen molar-refractivity contribution in [3.63, 3.8) is 0 Å². The van der Waals surface area contributed by atoms with Crippen molar-refractivity contribution in [3.8, 4) is 10.6 Å². The number of carbonyl (C=O) groups excluding carboxylic acids is 1. The number of halogens is 2. The van der Waals surface area contributed by atoms with E-state index in [1.807, 2.05) is 30.3 Å². The lowest BCUT2D eigenvalue weighted by Gasteiger charge is -2.09. The van der Waals surface area contributed by atoms with E-state index in [2.05, 4.69) is 10.3 Å². The molecule has 0 fully saturated rings. The maximum absolute atomic E-state index is 13.7. The van der Waals surface area contributed by atoms with Gasteiger partial charge in [0.25, 0.3) is 5.91 Å². The number of hydrogen-bond donors (Lipinski definition) is 1. The van der Waals surface area contributed by atoms with Gasteiger partial charge in [-0.15, -0.1) is 11.3 Å². The van der Waals surface area contributed by atoms with Gasteiger partial charge in [0.1, 0.15) is 10.8 Å². The van der Waals surface area contributed by atoms with Gasteiger partial charge in [-0.1, -0.05) is 35.9 Å². The van der Waals surface area contributed by atoms with Gasteiger partial charge in [-0.25, -0.2) is 9.37 Å². The normalized spacial score (nSPS) is 10.8. The third-order valence-electron chi connectivity index (χ3n) is 3.88. The molecule has 1 heterocycles. The van der Waals surface area contributed by atoms with Crippen LogP contribution in [0.4, 0.5) is 10.1 Å². The summed E-state index contributed by atoms with van der Waals surface area (Å²) in [5, 5.41) is 3.86. The molecule has 0 radical (unpaired) electrons. The van der Waals surface area contributed by atoms with Crippen molar-refractivity contribution in [3.05, 3.63) is 83.1 Å². The van der Waals surface area contributed by atoms with Crippen molar-refractivity contribution in [2.45, 2.75) is 0 Å². The lowest BCUT2D eigenvalue weighted by Crippen LogP contribution is -2.13. The fourth-order valence-electron chi connectivity index (χ4n) is 2.58. The molecular formula is C20H12ClFN2OS. The van der Waals surface area contributed by atoms with Gasteiger partial charge >= 0.3 is 0 Å². The summed E-state index contributed by atoms with van der Waals surface area (Å²) in [4.78, 5) is 16.8. The van der Waals surface area contributed by atoms with Crippen molar-refractivity contribution in [1.82, 2.24) is 4.98 Å². The molecule has 0 saturated carbocycles. The topological polar surface area (TPSA) is 42.0 Å². The van der Waals surface area contributed by atoms with Crippen LogP contribution in [0.1, 0.15) is 10.4 Å². The molecule has 4 rings (SSSR count). The smallest absolute Gasteiger partial charge is 0.258 e. The first kappa shape index (κ1) is 16.7. The maximum atomic E-state index is 13.7. The third-order valence-corrected chi connectivity index (χ3v) is 5.27. The van der Waals surface area contributed by atoms with E-state index in [9.17, 15) is 9.18 Å². The number of amides is 1. The summed E-state index contributed by atoms with van der Waals surface area (Å²) in [6.45, 7) is 0. The Morgan fingerprint density at radius 2 is 1.81 bits per heavy atom. The van der Waals surface area contributed by atoms with Crippen LogP contribution in [0.15, 0.2) is 66.7 Å². The van der Waals surface area contributed by atoms with E-state index in [-0.39, 0.29) is 5.56 Å². The van der Waals surface area contributed by atoms with Gasteiger partial charge in [-0.2, -0.15) is 0 Å². The Kier molecular flexibility index (Phi) is 4.41. The van der Waals surface area contributed by atoms with E-state index in [0.717, 1.165) is 20.8 Å². The quantitative estimate of drug-likeness (QED) is 0.471. The molecule has 4 aromatic rings. The van der Waals surface area contributed by atoms with Gasteiger partial charge < -0.3 is 5.32 Å². The summed E-state index contributed by atoms with van der Waals surface area (Å²) in [5.74, 6) is -1.12. The van der Waals surface area contributed by atoms with Crippen LogP contribution >= 0.6 is 22.9 Å². The summed E-state index contributed by atoms with van der Waals surface area (Å²) < 4.78 is 14.8. The molecule has 3 nitrogen and oxygen atoms in total. The first-order chi connectivity index (χ1) is 12.6. The first-order valence-corrected chi connectivity index (χ1v) is 9.02. The van der Waals surface area contributed by atoms with Crippen LogP contribution in [0.3, 0.4) is 0 Å². The minimum Gasteiger partial charge on any atom is -0.321 e. The average molecular weight is 383 g/mol. The summed E-state index contributed by atoms with van der Waals surface area (Å²) in [6.07, 6.45) is 0. The van der Waals surface area contributed by atoms with Gasteiger partial charge in [0.15, 0.2) is 0 Å².